The molecule has 0 radical (unpaired) electrons. The van der Waals surface area contributed by atoms with Crippen LogP contribution < -0.4 is 0 Å². The molecular formula is C14H22O. The number of fused-ring (bicyclic) bond motifs is 3. The van der Waals surface area contributed by atoms with E-state index in [0.29, 0.717) is 5.92 Å². The van der Waals surface area contributed by atoms with Gasteiger partial charge in [0.1, 0.15) is 6.29 Å². The molecule has 0 N–H and O–H groups in total. The molecule has 1 fully saturated rings. The predicted octanol–water partition coefficient (Wildman–Crippen LogP) is 3.59. The Hall–Kier alpha value is -0.590. The van der Waals surface area contributed by atoms with E-state index in [-0.39, 0.29) is 0 Å². The average molecular weight is 206 g/mol. The Bertz CT molecular complexity index is 288. The largest absolute Gasteiger partial charge is 0.303 e. The van der Waals surface area contributed by atoms with Crippen molar-refractivity contribution in [2.45, 2.75) is 46.5 Å². The van der Waals surface area contributed by atoms with Crippen molar-refractivity contribution in [1.82, 2.24) is 0 Å². The standard InChI is InChI=1S/C14H22O/c1-9(2)13-8-12-7-11(4-5-15)14(13)6-10(12)3/h5,9,11,13-14H,4,6-8H2,1-3H3. The lowest BCUT2D eigenvalue weighted by atomic mass is 9.59. The molecule has 0 aromatic heterocycles. The molecule has 1 heteroatoms. The van der Waals surface area contributed by atoms with Crippen LogP contribution in [0.2, 0.25) is 0 Å². The molecule has 3 aliphatic carbocycles. The highest BCUT2D eigenvalue weighted by Gasteiger charge is 2.40. The lowest BCUT2D eigenvalue weighted by molar-refractivity contribution is -0.109. The van der Waals surface area contributed by atoms with Gasteiger partial charge in [0.05, 0.1) is 0 Å². The third kappa shape index (κ3) is 1.89. The molecule has 0 aromatic carbocycles. The van der Waals surface area contributed by atoms with Gasteiger partial charge in [-0.1, -0.05) is 25.0 Å². The van der Waals surface area contributed by atoms with Gasteiger partial charge in [0.15, 0.2) is 0 Å². The Morgan fingerprint density at radius 2 is 2.07 bits per heavy atom. The summed E-state index contributed by atoms with van der Waals surface area (Å²) >= 11 is 0. The van der Waals surface area contributed by atoms with Crippen LogP contribution in [0.3, 0.4) is 0 Å². The SMILES string of the molecule is CC1=C2CC(CC=O)C(C1)C(C(C)C)C2. The second-order valence-corrected chi connectivity index (χ2v) is 5.73. The summed E-state index contributed by atoms with van der Waals surface area (Å²) in [4.78, 5) is 10.7. The van der Waals surface area contributed by atoms with Crippen LogP contribution in [0.1, 0.15) is 46.5 Å². The number of carbonyl (C=O) groups is 1. The molecule has 0 saturated heterocycles. The first-order valence-electron chi connectivity index (χ1n) is 6.24. The molecule has 0 aromatic rings. The van der Waals surface area contributed by atoms with E-state index in [1.165, 1.54) is 19.3 Å². The number of rotatable bonds is 3. The quantitative estimate of drug-likeness (QED) is 0.509. The van der Waals surface area contributed by atoms with Gasteiger partial charge < -0.3 is 4.79 Å². The smallest absolute Gasteiger partial charge is 0.120 e. The van der Waals surface area contributed by atoms with Crippen LogP contribution in [0.15, 0.2) is 11.1 Å². The van der Waals surface area contributed by atoms with Crippen molar-refractivity contribution in [3.05, 3.63) is 11.1 Å². The normalized spacial score (nSPS) is 35.1. The number of hydrogen-bond donors (Lipinski definition) is 0. The maximum atomic E-state index is 10.7. The highest BCUT2D eigenvalue weighted by atomic mass is 16.1. The number of carbonyl (C=O) groups excluding carboxylic acids is 1. The maximum Gasteiger partial charge on any atom is 0.120 e. The first kappa shape index (κ1) is 10.9. The van der Waals surface area contributed by atoms with Crippen LogP contribution in [0.5, 0.6) is 0 Å². The molecule has 1 nitrogen and oxygen atoms in total. The average Bonchev–Trinajstić information content (AvgIpc) is 2.19. The third-order valence-electron chi connectivity index (χ3n) is 4.55. The zero-order chi connectivity index (χ0) is 11.0. The van der Waals surface area contributed by atoms with Crippen molar-refractivity contribution in [3.63, 3.8) is 0 Å². The molecule has 15 heavy (non-hydrogen) atoms. The Morgan fingerprint density at radius 1 is 1.33 bits per heavy atom. The second-order valence-electron chi connectivity index (χ2n) is 5.73. The number of aldehydes is 1. The topological polar surface area (TPSA) is 17.1 Å². The molecule has 2 bridgehead atoms. The molecule has 0 heterocycles. The minimum absolute atomic E-state index is 0.655. The monoisotopic (exact) mass is 206 g/mol. The fourth-order valence-electron chi connectivity index (χ4n) is 3.61. The van der Waals surface area contributed by atoms with E-state index >= 15 is 0 Å². The van der Waals surface area contributed by atoms with Crippen LogP contribution in [0.4, 0.5) is 0 Å². The van der Waals surface area contributed by atoms with E-state index in [1.54, 1.807) is 11.1 Å². The van der Waals surface area contributed by atoms with Crippen molar-refractivity contribution in [3.8, 4) is 0 Å². The molecule has 3 unspecified atom stereocenters. The summed E-state index contributed by atoms with van der Waals surface area (Å²) in [6.07, 6.45) is 5.68. The van der Waals surface area contributed by atoms with Crippen molar-refractivity contribution >= 4 is 6.29 Å². The first-order chi connectivity index (χ1) is 7.13. The second kappa shape index (κ2) is 4.11. The molecule has 1 saturated carbocycles. The molecule has 3 rings (SSSR count). The summed E-state index contributed by atoms with van der Waals surface area (Å²) in [6.45, 7) is 6.95. The number of allylic oxidation sites excluding steroid dienone is 2. The lowest BCUT2D eigenvalue weighted by Gasteiger charge is -2.46. The number of hydrogen-bond acceptors (Lipinski definition) is 1. The Morgan fingerprint density at radius 3 is 2.60 bits per heavy atom. The summed E-state index contributed by atoms with van der Waals surface area (Å²) in [7, 11) is 0. The van der Waals surface area contributed by atoms with Gasteiger partial charge >= 0.3 is 0 Å². The van der Waals surface area contributed by atoms with E-state index in [9.17, 15) is 4.79 Å². The minimum atomic E-state index is 0.655. The molecule has 0 aliphatic heterocycles. The van der Waals surface area contributed by atoms with Gasteiger partial charge in [-0.3, -0.25) is 0 Å². The van der Waals surface area contributed by atoms with Crippen molar-refractivity contribution in [1.29, 1.82) is 0 Å². The van der Waals surface area contributed by atoms with Gasteiger partial charge in [-0.25, -0.2) is 0 Å². The van der Waals surface area contributed by atoms with Crippen LogP contribution in [0.25, 0.3) is 0 Å². The van der Waals surface area contributed by atoms with Gasteiger partial charge in [0.2, 0.25) is 0 Å². The van der Waals surface area contributed by atoms with Crippen molar-refractivity contribution < 1.29 is 4.79 Å². The highest BCUT2D eigenvalue weighted by molar-refractivity contribution is 5.50. The van der Waals surface area contributed by atoms with Crippen molar-refractivity contribution in [2.24, 2.45) is 23.7 Å². The predicted molar refractivity (Wildman–Crippen MR) is 62.5 cm³/mol. The molecule has 0 amide bonds. The summed E-state index contributed by atoms with van der Waals surface area (Å²) in [5, 5.41) is 0. The summed E-state index contributed by atoms with van der Waals surface area (Å²) in [6, 6.07) is 0. The first-order valence-corrected chi connectivity index (χ1v) is 6.24. The summed E-state index contributed by atoms with van der Waals surface area (Å²) < 4.78 is 0. The lowest BCUT2D eigenvalue weighted by Crippen LogP contribution is -2.37. The highest BCUT2D eigenvalue weighted by Crippen LogP contribution is 2.51. The zero-order valence-corrected chi connectivity index (χ0v) is 10.1. The van der Waals surface area contributed by atoms with Crippen LogP contribution >= 0.6 is 0 Å². The Kier molecular flexibility index (Phi) is 2.99. The molecule has 84 valence electrons. The van der Waals surface area contributed by atoms with Crippen LogP contribution in [-0.2, 0) is 4.79 Å². The fraction of sp³-hybridized carbons (Fsp3) is 0.786. The van der Waals surface area contributed by atoms with Gasteiger partial charge in [-0.2, -0.15) is 0 Å². The minimum Gasteiger partial charge on any atom is -0.303 e. The Balaban J connectivity index is 2.20. The van der Waals surface area contributed by atoms with Gasteiger partial charge in [-0.05, 0) is 49.9 Å². The van der Waals surface area contributed by atoms with E-state index in [2.05, 4.69) is 20.8 Å². The summed E-state index contributed by atoms with van der Waals surface area (Å²) in [5.41, 5.74) is 3.29. The van der Waals surface area contributed by atoms with Gasteiger partial charge in [0, 0.05) is 6.42 Å². The molecular weight excluding hydrogens is 184 g/mol. The van der Waals surface area contributed by atoms with E-state index in [1.807, 2.05) is 0 Å². The Labute approximate surface area is 92.9 Å². The maximum absolute atomic E-state index is 10.7. The molecule has 3 atom stereocenters. The van der Waals surface area contributed by atoms with E-state index in [4.69, 9.17) is 0 Å². The van der Waals surface area contributed by atoms with Gasteiger partial charge in [-0.15, -0.1) is 0 Å². The molecule has 3 aliphatic rings. The summed E-state index contributed by atoms with van der Waals surface area (Å²) in [5.74, 6) is 3.05. The van der Waals surface area contributed by atoms with E-state index < -0.39 is 0 Å². The van der Waals surface area contributed by atoms with Crippen LogP contribution in [0, 0.1) is 23.7 Å². The third-order valence-corrected chi connectivity index (χ3v) is 4.55. The van der Waals surface area contributed by atoms with E-state index in [0.717, 1.165) is 30.5 Å². The van der Waals surface area contributed by atoms with Crippen LogP contribution in [-0.4, -0.2) is 6.29 Å². The fourth-order valence-corrected chi connectivity index (χ4v) is 3.61. The zero-order valence-electron chi connectivity index (χ0n) is 10.1. The molecule has 0 spiro atoms. The van der Waals surface area contributed by atoms with Crippen molar-refractivity contribution in [2.75, 3.05) is 0 Å². The van der Waals surface area contributed by atoms with Gasteiger partial charge in [0.25, 0.3) is 0 Å².